The van der Waals surface area contributed by atoms with Gasteiger partial charge in [0.1, 0.15) is 5.01 Å². The molecule has 4 nitrogen and oxygen atoms in total. The quantitative estimate of drug-likeness (QED) is 0.836. The summed E-state index contributed by atoms with van der Waals surface area (Å²) in [5.41, 5.74) is 1.20. The van der Waals surface area contributed by atoms with E-state index in [0.29, 0.717) is 6.04 Å². The van der Waals surface area contributed by atoms with Crippen LogP contribution in [0.4, 0.5) is 0 Å². The molecule has 1 unspecified atom stereocenters. The molecule has 0 bridgehead atoms. The highest BCUT2D eigenvalue weighted by molar-refractivity contribution is 7.11. The van der Waals surface area contributed by atoms with Crippen molar-refractivity contribution in [3.63, 3.8) is 0 Å². The molecule has 1 atom stereocenters. The molecular weight excluding hydrogens is 256 g/mol. The summed E-state index contributed by atoms with van der Waals surface area (Å²) < 4.78 is 0. The third-order valence-corrected chi connectivity index (χ3v) is 5.02. The van der Waals surface area contributed by atoms with Crippen LogP contribution in [0.25, 0.3) is 0 Å². The van der Waals surface area contributed by atoms with Gasteiger partial charge in [-0.05, 0) is 34.0 Å². The molecule has 0 radical (unpaired) electrons. The highest BCUT2D eigenvalue weighted by Gasteiger charge is 2.26. The minimum absolute atomic E-state index is 0.461. The molecular formula is C14H26N4S. The summed E-state index contributed by atoms with van der Waals surface area (Å²) in [7, 11) is 4.41. The molecule has 0 amide bonds. The third kappa shape index (κ3) is 3.75. The molecule has 0 aliphatic carbocycles. The molecule has 2 rings (SSSR count). The highest BCUT2D eigenvalue weighted by atomic mass is 32.1. The molecule has 1 aromatic heterocycles. The molecule has 1 saturated heterocycles. The van der Waals surface area contributed by atoms with E-state index in [4.69, 9.17) is 4.98 Å². The van der Waals surface area contributed by atoms with Gasteiger partial charge < -0.3 is 10.2 Å². The Morgan fingerprint density at radius 2 is 2.16 bits per heavy atom. The fourth-order valence-corrected chi connectivity index (χ4v) is 3.61. The van der Waals surface area contributed by atoms with Gasteiger partial charge in [-0.1, -0.05) is 6.92 Å². The standard InChI is InChI=1S/C14H26N4S/c1-5-6-15-9-13-11(2)16-14(19-13)12-10-17(3)7-8-18(12)4/h12,15H,5-10H2,1-4H3. The van der Waals surface area contributed by atoms with Crippen molar-refractivity contribution in [2.75, 3.05) is 40.3 Å². The molecule has 2 heterocycles. The average molecular weight is 282 g/mol. The Morgan fingerprint density at radius 3 is 2.89 bits per heavy atom. The minimum Gasteiger partial charge on any atom is -0.312 e. The lowest BCUT2D eigenvalue weighted by atomic mass is 10.2. The highest BCUT2D eigenvalue weighted by Crippen LogP contribution is 2.29. The molecule has 0 saturated carbocycles. The van der Waals surface area contributed by atoms with Crippen LogP contribution in [0, 0.1) is 6.92 Å². The van der Waals surface area contributed by atoms with Crippen LogP contribution in [0.3, 0.4) is 0 Å². The summed E-state index contributed by atoms with van der Waals surface area (Å²) in [6.45, 7) is 9.75. The van der Waals surface area contributed by atoms with E-state index in [0.717, 1.165) is 32.7 Å². The molecule has 1 fully saturated rings. The van der Waals surface area contributed by atoms with Gasteiger partial charge in [-0.15, -0.1) is 11.3 Å². The number of thiazole rings is 1. The van der Waals surface area contributed by atoms with Gasteiger partial charge in [-0.3, -0.25) is 4.90 Å². The SMILES string of the molecule is CCCNCc1sc(C2CN(C)CCN2C)nc1C. The maximum absolute atomic E-state index is 4.81. The first-order chi connectivity index (χ1) is 9.11. The zero-order chi connectivity index (χ0) is 13.8. The Morgan fingerprint density at radius 1 is 1.37 bits per heavy atom. The summed E-state index contributed by atoms with van der Waals surface area (Å²) in [6, 6.07) is 0.461. The minimum atomic E-state index is 0.461. The van der Waals surface area contributed by atoms with E-state index < -0.39 is 0 Å². The summed E-state index contributed by atoms with van der Waals surface area (Å²) in [5.74, 6) is 0. The van der Waals surface area contributed by atoms with Crippen molar-refractivity contribution >= 4 is 11.3 Å². The Balaban J connectivity index is 2.05. The predicted molar refractivity (Wildman–Crippen MR) is 81.7 cm³/mol. The third-order valence-electron chi connectivity index (χ3n) is 3.76. The zero-order valence-electron chi connectivity index (χ0n) is 12.6. The number of likely N-dealkylation sites (N-methyl/N-ethyl adjacent to an activating group) is 2. The van der Waals surface area contributed by atoms with Gasteiger partial charge in [-0.25, -0.2) is 4.98 Å². The summed E-state index contributed by atoms with van der Waals surface area (Å²) >= 11 is 1.88. The zero-order valence-corrected chi connectivity index (χ0v) is 13.4. The lowest BCUT2D eigenvalue weighted by molar-refractivity contribution is 0.115. The van der Waals surface area contributed by atoms with Crippen LogP contribution in [0.15, 0.2) is 0 Å². The molecule has 108 valence electrons. The molecule has 5 heteroatoms. The Kier molecular flexibility index (Phi) is 5.33. The number of piperazine rings is 1. The number of nitrogens with one attached hydrogen (secondary N) is 1. The first-order valence-electron chi connectivity index (χ1n) is 7.17. The van der Waals surface area contributed by atoms with Gasteiger partial charge in [0, 0.05) is 31.1 Å². The number of rotatable bonds is 5. The van der Waals surface area contributed by atoms with Gasteiger partial charge in [-0.2, -0.15) is 0 Å². The largest absolute Gasteiger partial charge is 0.312 e. The van der Waals surface area contributed by atoms with Crippen LogP contribution < -0.4 is 5.32 Å². The lowest BCUT2D eigenvalue weighted by Crippen LogP contribution is -2.44. The maximum atomic E-state index is 4.81. The van der Waals surface area contributed by atoms with Crippen LogP contribution in [-0.2, 0) is 6.54 Å². The second kappa shape index (κ2) is 6.79. The Labute approximate surface area is 120 Å². The summed E-state index contributed by atoms with van der Waals surface area (Å²) in [5, 5.41) is 4.75. The van der Waals surface area contributed by atoms with E-state index in [1.165, 1.54) is 22.0 Å². The molecule has 19 heavy (non-hydrogen) atoms. The van der Waals surface area contributed by atoms with Gasteiger partial charge in [0.2, 0.25) is 0 Å². The van der Waals surface area contributed by atoms with E-state index in [9.17, 15) is 0 Å². The number of aromatic nitrogens is 1. The van der Waals surface area contributed by atoms with E-state index in [1.807, 2.05) is 11.3 Å². The number of hydrogen-bond acceptors (Lipinski definition) is 5. The average Bonchev–Trinajstić information content (AvgIpc) is 2.74. The normalized spacial score (nSPS) is 22.0. The van der Waals surface area contributed by atoms with E-state index >= 15 is 0 Å². The number of aryl methyl sites for hydroxylation is 1. The van der Waals surface area contributed by atoms with E-state index in [2.05, 4.69) is 43.1 Å². The molecule has 1 aliphatic heterocycles. The van der Waals surface area contributed by atoms with Crippen LogP contribution in [0.1, 0.15) is 35.0 Å². The summed E-state index contributed by atoms with van der Waals surface area (Å²) in [4.78, 5) is 11.0. The second-order valence-corrected chi connectivity index (χ2v) is 6.61. The topological polar surface area (TPSA) is 31.4 Å². The molecule has 1 aromatic rings. The van der Waals surface area contributed by atoms with Crippen LogP contribution in [-0.4, -0.2) is 55.1 Å². The predicted octanol–water partition coefficient (Wildman–Crippen LogP) is 1.87. The van der Waals surface area contributed by atoms with Crippen molar-refractivity contribution in [2.24, 2.45) is 0 Å². The fourth-order valence-electron chi connectivity index (χ4n) is 2.41. The summed E-state index contributed by atoms with van der Waals surface area (Å²) in [6.07, 6.45) is 1.18. The second-order valence-electron chi connectivity index (χ2n) is 5.50. The molecule has 0 aromatic carbocycles. The number of hydrogen-bond donors (Lipinski definition) is 1. The van der Waals surface area contributed by atoms with Crippen molar-refractivity contribution in [3.05, 3.63) is 15.6 Å². The van der Waals surface area contributed by atoms with Crippen molar-refractivity contribution in [1.82, 2.24) is 20.1 Å². The van der Waals surface area contributed by atoms with Crippen molar-refractivity contribution < 1.29 is 0 Å². The van der Waals surface area contributed by atoms with Crippen molar-refractivity contribution in [2.45, 2.75) is 32.9 Å². The van der Waals surface area contributed by atoms with Gasteiger partial charge in [0.15, 0.2) is 0 Å². The first kappa shape index (κ1) is 14.9. The maximum Gasteiger partial charge on any atom is 0.112 e. The fraction of sp³-hybridized carbons (Fsp3) is 0.786. The van der Waals surface area contributed by atoms with Gasteiger partial charge in [0.25, 0.3) is 0 Å². The first-order valence-corrected chi connectivity index (χ1v) is 7.99. The Hall–Kier alpha value is -0.490. The lowest BCUT2D eigenvalue weighted by Gasteiger charge is -2.36. The van der Waals surface area contributed by atoms with Crippen LogP contribution in [0.5, 0.6) is 0 Å². The monoisotopic (exact) mass is 282 g/mol. The van der Waals surface area contributed by atoms with Crippen LogP contribution in [0.2, 0.25) is 0 Å². The smallest absolute Gasteiger partial charge is 0.112 e. The van der Waals surface area contributed by atoms with Gasteiger partial charge >= 0.3 is 0 Å². The van der Waals surface area contributed by atoms with Crippen LogP contribution >= 0.6 is 11.3 Å². The Bertz CT molecular complexity index is 404. The number of nitrogens with zero attached hydrogens (tertiary/aromatic N) is 3. The van der Waals surface area contributed by atoms with Crippen molar-refractivity contribution in [3.8, 4) is 0 Å². The molecule has 1 aliphatic rings. The molecule has 0 spiro atoms. The van der Waals surface area contributed by atoms with E-state index in [1.54, 1.807) is 0 Å². The van der Waals surface area contributed by atoms with Crippen molar-refractivity contribution in [1.29, 1.82) is 0 Å². The van der Waals surface area contributed by atoms with Gasteiger partial charge in [0.05, 0.1) is 11.7 Å². The molecule has 1 N–H and O–H groups in total. The van der Waals surface area contributed by atoms with E-state index in [-0.39, 0.29) is 0 Å².